The molecule has 0 atom stereocenters. The van der Waals surface area contributed by atoms with Crippen LogP contribution in [0.1, 0.15) is 5.56 Å². The number of nitrogens with zero attached hydrogens (tertiary/aromatic N) is 2. The van der Waals surface area contributed by atoms with Gasteiger partial charge in [-0.05, 0) is 28.4 Å². The van der Waals surface area contributed by atoms with Gasteiger partial charge in [-0.2, -0.15) is 12.7 Å². The third kappa shape index (κ3) is 2.85. The average molecular weight is 329 g/mol. The number of nitrogens with one attached hydrogen (secondary N) is 1. The molecule has 8 heteroatoms. The molecule has 90 valence electrons. The SMILES string of the molecule is Cc1c(Br)cnc(Cl)c1NS(=O)(=O)N(C)C. The molecule has 0 aromatic carbocycles. The van der Waals surface area contributed by atoms with Crippen molar-refractivity contribution in [2.75, 3.05) is 18.8 Å². The second-order valence-electron chi connectivity index (χ2n) is 3.29. The van der Waals surface area contributed by atoms with Gasteiger partial charge in [0.2, 0.25) is 0 Å². The Kier molecular flexibility index (Phi) is 4.17. The molecular weight excluding hydrogens is 318 g/mol. The number of hydrogen-bond donors (Lipinski definition) is 1. The highest BCUT2D eigenvalue weighted by Gasteiger charge is 2.18. The van der Waals surface area contributed by atoms with Crippen molar-refractivity contribution >= 4 is 43.4 Å². The standard InChI is InChI=1S/C8H11BrClN3O2S/c1-5-6(9)4-11-8(10)7(5)12-16(14,15)13(2)3/h4,12H,1-3H3. The molecule has 1 N–H and O–H groups in total. The van der Waals surface area contributed by atoms with Crippen LogP contribution in [-0.4, -0.2) is 31.8 Å². The van der Waals surface area contributed by atoms with E-state index in [2.05, 4.69) is 25.6 Å². The summed E-state index contributed by atoms with van der Waals surface area (Å²) >= 11 is 9.09. The van der Waals surface area contributed by atoms with Crippen LogP contribution in [0.2, 0.25) is 5.15 Å². The summed E-state index contributed by atoms with van der Waals surface area (Å²) in [7, 11) is -0.720. The normalized spacial score (nSPS) is 11.9. The lowest BCUT2D eigenvalue weighted by Gasteiger charge is -2.16. The van der Waals surface area contributed by atoms with Gasteiger partial charge < -0.3 is 0 Å². The maximum absolute atomic E-state index is 11.6. The Balaban J connectivity index is 3.21. The number of rotatable bonds is 3. The van der Waals surface area contributed by atoms with E-state index in [1.807, 2.05) is 0 Å². The van der Waals surface area contributed by atoms with Crippen LogP contribution in [0, 0.1) is 6.92 Å². The van der Waals surface area contributed by atoms with Crippen molar-refractivity contribution in [2.24, 2.45) is 0 Å². The van der Waals surface area contributed by atoms with Crippen molar-refractivity contribution in [1.82, 2.24) is 9.29 Å². The van der Waals surface area contributed by atoms with Gasteiger partial charge in [0.25, 0.3) is 0 Å². The van der Waals surface area contributed by atoms with Crippen LogP contribution >= 0.6 is 27.5 Å². The summed E-state index contributed by atoms with van der Waals surface area (Å²) in [5.41, 5.74) is 0.968. The fourth-order valence-electron chi connectivity index (χ4n) is 0.888. The molecule has 0 saturated carbocycles. The Bertz CT molecular complexity index is 504. The summed E-state index contributed by atoms with van der Waals surface area (Å²) < 4.78 is 27.4. The van der Waals surface area contributed by atoms with Gasteiger partial charge in [0.1, 0.15) is 0 Å². The number of aromatic nitrogens is 1. The molecule has 1 rings (SSSR count). The Morgan fingerprint density at radius 1 is 1.50 bits per heavy atom. The molecule has 0 amide bonds. The van der Waals surface area contributed by atoms with Crippen LogP contribution in [0.25, 0.3) is 0 Å². The van der Waals surface area contributed by atoms with Crippen LogP contribution in [0.3, 0.4) is 0 Å². The van der Waals surface area contributed by atoms with E-state index >= 15 is 0 Å². The van der Waals surface area contributed by atoms with Crippen LogP contribution in [0.15, 0.2) is 10.7 Å². The van der Waals surface area contributed by atoms with Crippen molar-refractivity contribution in [1.29, 1.82) is 0 Å². The van der Waals surface area contributed by atoms with Crippen molar-refractivity contribution in [3.8, 4) is 0 Å². The second-order valence-corrected chi connectivity index (χ2v) is 6.38. The molecule has 0 aliphatic heterocycles. The smallest absolute Gasteiger partial charge is 0.267 e. The van der Waals surface area contributed by atoms with E-state index in [1.54, 1.807) is 6.92 Å². The molecule has 1 heterocycles. The monoisotopic (exact) mass is 327 g/mol. The van der Waals surface area contributed by atoms with E-state index in [9.17, 15) is 8.42 Å². The average Bonchev–Trinajstić information content (AvgIpc) is 2.18. The highest BCUT2D eigenvalue weighted by atomic mass is 79.9. The van der Waals surface area contributed by atoms with Gasteiger partial charge in [0.05, 0.1) is 5.69 Å². The predicted octanol–water partition coefficient (Wildman–Crippen LogP) is 2.02. The largest absolute Gasteiger partial charge is 0.301 e. The van der Waals surface area contributed by atoms with Crippen molar-refractivity contribution in [3.63, 3.8) is 0 Å². The van der Waals surface area contributed by atoms with E-state index in [0.29, 0.717) is 10.0 Å². The number of pyridine rings is 1. The van der Waals surface area contributed by atoms with E-state index < -0.39 is 10.2 Å². The van der Waals surface area contributed by atoms with Gasteiger partial charge in [-0.15, -0.1) is 0 Å². The molecule has 0 saturated heterocycles. The lowest BCUT2D eigenvalue weighted by Crippen LogP contribution is -2.29. The minimum atomic E-state index is -3.57. The first-order valence-corrected chi connectivity index (χ1v) is 6.87. The third-order valence-electron chi connectivity index (χ3n) is 1.94. The molecule has 0 fully saturated rings. The molecule has 0 bridgehead atoms. The van der Waals surface area contributed by atoms with Crippen LogP contribution in [0.5, 0.6) is 0 Å². The van der Waals surface area contributed by atoms with Crippen LogP contribution in [-0.2, 0) is 10.2 Å². The lowest BCUT2D eigenvalue weighted by atomic mass is 10.3. The second kappa shape index (κ2) is 4.87. The number of halogens is 2. The Hall–Kier alpha value is -0.370. The Labute approximate surface area is 108 Å². The molecule has 0 unspecified atom stereocenters. The highest BCUT2D eigenvalue weighted by Crippen LogP contribution is 2.29. The summed E-state index contributed by atoms with van der Waals surface area (Å²) in [6, 6.07) is 0. The first kappa shape index (κ1) is 13.7. The summed E-state index contributed by atoms with van der Waals surface area (Å²) in [6.07, 6.45) is 1.52. The van der Waals surface area contributed by atoms with Gasteiger partial charge in [0.15, 0.2) is 5.15 Å². The van der Waals surface area contributed by atoms with Gasteiger partial charge >= 0.3 is 10.2 Å². The maximum atomic E-state index is 11.6. The minimum Gasteiger partial charge on any atom is -0.267 e. The van der Waals surface area contributed by atoms with Crippen molar-refractivity contribution in [3.05, 3.63) is 21.4 Å². The Morgan fingerprint density at radius 2 is 2.06 bits per heavy atom. The molecule has 5 nitrogen and oxygen atoms in total. The molecule has 0 radical (unpaired) electrons. The molecule has 16 heavy (non-hydrogen) atoms. The summed E-state index contributed by atoms with van der Waals surface area (Å²) in [4.78, 5) is 3.86. The fraction of sp³-hybridized carbons (Fsp3) is 0.375. The molecule has 0 aliphatic rings. The maximum Gasteiger partial charge on any atom is 0.301 e. The highest BCUT2D eigenvalue weighted by molar-refractivity contribution is 9.10. The molecule has 1 aromatic rings. The fourth-order valence-corrected chi connectivity index (χ4v) is 2.17. The van der Waals surface area contributed by atoms with Gasteiger partial charge in [-0.1, -0.05) is 11.6 Å². The van der Waals surface area contributed by atoms with Crippen molar-refractivity contribution < 1.29 is 8.42 Å². The van der Waals surface area contributed by atoms with E-state index in [-0.39, 0.29) is 10.8 Å². The molecule has 0 aliphatic carbocycles. The van der Waals surface area contributed by atoms with Gasteiger partial charge in [-0.25, -0.2) is 4.98 Å². The lowest BCUT2D eigenvalue weighted by molar-refractivity contribution is 0.526. The van der Waals surface area contributed by atoms with Crippen LogP contribution < -0.4 is 4.72 Å². The summed E-state index contributed by atoms with van der Waals surface area (Å²) in [6.45, 7) is 1.74. The quantitative estimate of drug-likeness (QED) is 0.864. The zero-order valence-corrected chi connectivity index (χ0v) is 12.1. The van der Waals surface area contributed by atoms with E-state index in [1.165, 1.54) is 20.3 Å². The topological polar surface area (TPSA) is 62.3 Å². The first-order chi connectivity index (χ1) is 7.25. The molecule has 1 aromatic heterocycles. The zero-order chi connectivity index (χ0) is 12.5. The number of hydrogen-bond acceptors (Lipinski definition) is 3. The first-order valence-electron chi connectivity index (χ1n) is 4.26. The van der Waals surface area contributed by atoms with E-state index in [4.69, 9.17) is 11.6 Å². The van der Waals surface area contributed by atoms with Gasteiger partial charge in [-0.3, -0.25) is 4.72 Å². The van der Waals surface area contributed by atoms with E-state index in [0.717, 1.165) is 4.31 Å². The molecular formula is C8H11BrClN3O2S. The summed E-state index contributed by atoms with van der Waals surface area (Å²) in [5, 5.41) is 0.117. The van der Waals surface area contributed by atoms with Crippen molar-refractivity contribution in [2.45, 2.75) is 6.92 Å². The molecule has 0 spiro atoms. The number of anilines is 1. The summed E-state index contributed by atoms with van der Waals surface area (Å²) in [5.74, 6) is 0. The zero-order valence-electron chi connectivity index (χ0n) is 8.95. The predicted molar refractivity (Wildman–Crippen MR) is 67.9 cm³/mol. The minimum absolute atomic E-state index is 0.117. The Morgan fingerprint density at radius 3 is 2.56 bits per heavy atom. The van der Waals surface area contributed by atoms with Gasteiger partial charge in [0, 0.05) is 24.8 Å². The third-order valence-corrected chi connectivity index (χ3v) is 4.45. The van der Waals surface area contributed by atoms with Crippen LogP contribution in [0.4, 0.5) is 5.69 Å².